The Labute approximate surface area is 113 Å². The highest BCUT2D eigenvalue weighted by atomic mass is 16.2. The summed E-state index contributed by atoms with van der Waals surface area (Å²) in [4.78, 5) is 26.4. The second-order valence-corrected chi connectivity index (χ2v) is 5.52. The van der Waals surface area contributed by atoms with Gasteiger partial charge in [0.2, 0.25) is 5.91 Å². The van der Waals surface area contributed by atoms with Crippen LogP contribution in [0.4, 0.5) is 5.69 Å². The lowest BCUT2D eigenvalue weighted by Gasteiger charge is -2.33. The number of hydrogen-bond donors (Lipinski definition) is 0. The van der Waals surface area contributed by atoms with E-state index in [-0.39, 0.29) is 17.6 Å². The first-order chi connectivity index (χ1) is 9.27. The van der Waals surface area contributed by atoms with Crippen LogP contribution in [0.1, 0.15) is 48.9 Å². The monoisotopic (exact) mass is 257 g/mol. The number of carbonyl (C=O) groups is 2. The number of anilines is 1. The molecule has 1 amide bonds. The Balaban J connectivity index is 1.87. The van der Waals surface area contributed by atoms with E-state index < -0.39 is 0 Å². The third-order valence-electron chi connectivity index (χ3n) is 4.28. The molecule has 3 heteroatoms. The molecule has 0 bridgehead atoms. The van der Waals surface area contributed by atoms with Crippen LogP contribution in [0.2, 0.25) is 0 Å². The van der Waals surface area contributed by atoms with Crippen LogP contribution in [0.3, 0.4) is 0 Å². The van der Waals surface area contributed by atoms with Crippen molar-refractivity contribution in [3.8, 4) is 0 Å². The van der Waals surface area contributed by atoms with E-state index in [1.807, 2.05) is 29.2 Å². The van der Waals surface area contributed by atoms with Gasteiger partial charge in [-0.2, -0.15) is 0 Å². The van der Waals surface area contributed by atoms with Crippen LogP contribution in [0.25, 0.3) is 0 Å². The zero-order valence-corrected chi connectivity index (χ0v) is 11.1. The van der Waals surface area contributed by atoms with Gasteiger partial charge in [-0.15, -0.1) is 0 Å². The molecular weight excluding hydrogens is 238 g/mol. The summed E-state index contributed by atoms with van der Waals surface area (Å²) in [5.41, 5.74) is 1.52. The number of benzene rings is 1. The molecule has 1 aliphatic heterocycles. The number of para-hydroxylation sites is 1. The molecule has 3 rings (SSSR count). The maximum atomic E-state index is 12.6. The largest absolute Gasteiger partial charge is 0.311 e. The number of carbonyl (C=O) groups excluding carboxylic acids is 2. The second-order valence-electron chi connectivity index (χ2n) is 5.52. The van der Waals surface area contributed by atoms with E-state index in [0.717, 1.165) is 31.4 Å². The Bertz CT molecular complexity index is 503. The van der Waals surface area contributed by atoms with Crippen LogP contribution >= 0.6 is 0 Å². The van der Waals surface area contributed by atoms with Crippen molar-refractivity contribution >= 4 is 17.4 Å². The van der Waals surface area contributed by atoms with Crippen molar-refractivity contribution in [2.24, 2.45) is 5.92 Å². The Morgan fingerprint density at radius 3 is 2.63 bits per heavy atom. The highest BCUT2D eigenvalue weighted by Gasteiger charge is 2.31. The quantitative estimate of drug-likeness (QED) is 0.774. The van der Waals surface area contributed by atoms with Crippen molar-refractivity contribution in [2.45, 2.75) is 38.5 Å². The molecule has 0 spiro atoms. The smallest absolute Gasteiger partial charge is 0.230 e. The molecule has 19 heavy (non-hydrogen) atoms. The predicted octanol–water partition coefficient (Wildman–Crippen LogP) is 3.19. The highest BCUT2D eigenvalue weighted by Crippen LogP contribution is 2.31. The van der Waals surface area contributed by atoms with Crippen molar-refractivity contribution in [2.75, 3.05) is 11.4 Å². The van der Waals surface area contributed by atoms with Gasteiger partial charge in [0.1, 0.15) is 0 Å². The number of rotatable bonds is 1. The topological polar surface area (TPSA) is 37.4 Å². The van der Waals surface area contributed by atoms with E-state index in [2.05, 4.69) is 0 Å². The van der Waals surface area contributed by atoms with Crippen molar-refractivity contribution in [1.29, 1.82) is 0 Å². The van der Waals surface area contributed by atoms with Gasteiger partial charge in [0.05, 0.1) is 5.69 Å². The summed E-state index contributed by atoms with van der Waals surface area (Å²) in [5, 5.41) is 0. The van der Waals surface area contributed by atoms with Gasteiger partial charge in [-0.05, 0) is 25.0 Å². The molecule has 1 aliphatic carbocycles. The molecule has 1 heterocycles. The van der Waals surface area contributed by atoms with Crippen LogP contribution in [0.15, 0.2) is 24.3 Å². The summed E-state index contributed by atoms with van der Waals surface area (Å²) in [6.45, 7) is 0.547. The van der Waals surface area contributed by atoms with Crippen molar-refractivity contribution in [3.63, 3.8) is 0 Å². The Morgan fingerprint density at radius 2 is 1.84 bits per heavy atom. The van der Waals surface area contributed by atoms with E-state index in [9.17, 15) is 9.59 Å². The summed E-state index contributed by atoms with van der Waals surface area (Å²) in [7, 11) is 0. The fourth-order valence-corrected chi connectivity index (χ4v) is 3.21. The predicted molar refractivity (Wildman–Crippen MR) is 74.3 cm³/mol. The first-order valence-corrected chi connectivity index (χ1v) is 7.21. The number of fused-ring (bicyclic) bond motifs is 1. The van der Waals surface area contributed by atoms with Gasteiger partial charge in [0.25, 0.3) is 0 Å². The third kappa shape index (κ3) is 2.29. The van der Waals surface area contributed by atoms with Crippen LogP contribution < -0.4 is 4.90 Å². The SMILES string of the molecule is O=C1CCN(C(=O)C2CCCCC2)c2ccccc21. The van der Waals surface area contributed by atoms with E-state index in [1.165, 1.54) is 6.42 Å². The summed E-state index contributed by atoms with van der Waals surface area (Å²) in [6.07, 6.45) is 6.03. The maximum Gasteiger partial charge on any atom is 0.230 e. The van der Waals surface area contributed by atoms with E-state index >= 15 is 0 Å². The molecule has 0 aromatic heterocycles. The molecule has 1 aromatic rings. The van der Waals surface area contributed by atoms with Crippen LogP contribution in [-0.2, 0) is 4.79 Å². The van der Waals surface area contributed by atoms with E-state index in [1.54, 1.807) is 0 Å². The van der Waals surface area contributed by atoms with Crippen LogP contribution in [0, 0.1) is 5.92 Å². The van der Waals surface area contributed by atoms with Gasteiger partial charge >= 0.3 is 0 Å². The average Bonchev–Trinajstić information content (AvgIpc) is 2.48. The molecule has 2 aliphatic rings. The van der Waals surface area contributed by atoms with Crippen LogP contribution in [-0.4, -0.2) is 18.2 Å². The van der Waals surface area contributed by atoms with E-state index in [4.69, 9.17) is 0 Å². The lowest BCUT2D eigenvalue weighted by Crippen LogP contribution is -2.41. The zero-order chi connectivity index (χ0) is 13.2. The first-order valence-electron chi connectivity index (χ1n) is 7.21. The minimum absolute atomic E-state index is 0.156. The standard InChI is InChI=1S/C16H19NO2/c18-15-10-11-17(14-9-5-4-8-13(14)15)16(19)12-6-2-1-3-7-12/h4-5,8-9,12H,1-3,6-7,10-11H2. The Hall–Kier alpha value is -1.64. The maximum absolute atomic E-state index is 12.6. The van der Waals surface area contributed by atoms with Gasteiger partial charge in [-0.1, -0.05) is 31.4 Å². The molecule has 1 fully saturated rings. The molecule has 0 unspecified atom stereocenters. The lowest BCUT2D eigenvalue weighted by atomic mass is 9.87. The number of nitrogens with zero attached hydrogens (tertiary/aromatic N) is 1. The first kappa shape index (κ1) is 12.4. The fraction of sp³-hybridized carbons (Fsp3) is 0.500. The fourth-order valence-electron chi connectivity index (χ4n) is 3.21. The number of hydrogen-bond acceptors (Lipinski definition) is 2. The zero-order valence-electron chi connectivity index (χ0n) is 11.1. The van der Waals surface area contributed by atoms with Gasteiger partial charge < -0.3 is 4.90 Å². The van der Waals surface area contributed by atoms with E-state index in [0.29, 0.717) is 18.5 Å². The van der Waals surface area contributed by atoms with Gasteiger partial charge in [-0.3, -0.25) is 9.59 Å². The van der Waals surface area contributed by atoms with Crippen molar-refractivity contribution < 1.29 is 9.59 Å². The summed E-state index contributed by atoms with van der Waals surface area (Å²) in [6, 6.07) is 7.50. The Morgan fingerprint density at radius 1 is 1.11 bits per heavy atom. The van der Waals surface area contributed by atoms with Crippen molar-refractivity contribution in [1.82, 2.24) is 0 Å². The molecule has 3 nitrogen and oxygen atoms in total. The minimum Gasteiger partial charge on any atom is -0.311 e. The highest BCUT2D eigenvalue weighted by molar-refractivity contribution is 6.09. The number of ketones is 1. The van der Waals surface area contributed by atoms with Crippen LogP contribution in [0.5, 0.6) is 0 Å². The minimum atomic E-state index is 0.156. The molecule has 0 saturated heterocycles. The van der Waals surface area contributed by atoms with Gasteiger partial charge in [0, 0.05) is 24.4 Å². The molecule has 100 valence electrons. The molecule has 0 radical (unpaired) electrons. The number of Topliss-reactive ketones (excluding diaryl/α,β-unsaturated/α-hetero) is 1. The molecule has 0 atom stereocenters. The van der Waals surface area contributed by atoms with Gasteiger partial charge in [-0.25, -0.2) is 0 Å². The Kier molecular flexibility index (Phi) is 3.36. The average molecular weight is 257 g/mol. The summed E-state index contributed by atoms with van der Waals surface area (Å²) < 4.78 is 0. The van der Waals surface area contributed by atoms with Crippen molar-refractivity contribution in [3.05, 3.63) is 29.8 Å². The summed E-state index contributed by atoms with van der Waals surface area (Å²) >= 11 is 0. The normalized spacial score (nSPS) is 20.2. The number of amides is 1. The third-order valence-corrected chi connectivity index (χ3v) is 4.28. The molecular formula is C16H19NO2. The second kappa shape index (κ2) is 5.16. The lowest BCUT2D eigenvalue weighted by molar-refractivity contribution is -0.123. The molecule has 0 N–H and O–H groups in total. The molecule has 1 saturated carbocycles. The molecule has 1 aromatic carbocycles. The summed E-state index contributed by atoms with van der Waals surface area (Å²) in [5.74, 6) is 0.540. The van der Waals surface area contributed by atoms with Gasteiger partial charge in [0.15, 0.2) is 5.78 Å².